The zero-order valence-corrected chi connectivity index (χ0v) is 8.54. The molecular weight excluding hydrogens is 168 g/mol. The smallest absolute Gasteiger partial charge is 0.00991 e. The van der Waals surface area contributed by atoms with Crippen LogP contribution in [0.15, 0.2) is 42.5 Å². The maximum absolute atomic E-state index is 3.25. The lowest BCUT2D eigenvalue weighted by atomic mass is 9.97. The van der Waals surface area contributed by atoms with Crippen LogP contribution >= 0.6 is 0 Å². The summed E-state index contributed by atoms with van der Waals surface area (Å²) >= 11 is 0. The highest BCUT2D eigenvalue weighted by molar-refractivity contribution is 5.67. The molecule has 0 aliphatic heterocycles. The maximum Gasteiger partial charge on any atom is -0.00991 e. The highest BCUT2D eigenvalue weighted by Gasteiger charge is 2.01. The second-order valence-corrected chi connectivity index (χ2v) is 3.52. The molecule has 2 aromatic rings. The van der Waals surface area contributed by atoms with Gasteiger partial charge in [-0.1, -0.05) is 42.5 Å². The van der Waals surface area contributed by atoms with Gasteiger partial charge in [-0.25, -0.2) is 0 Å². The second kappa shape index (κ2) is 3.67. The quantitative estimate of drug-likeness (QED) is 0.628. The summed E-state index contributed by atoms with van der Waals surface area (Å²) in [4.78, 5) is 0. The summed E-state index contributed by atoms with van der Waals surface area (Å²) in [5, 5.41) is 0. The van der Waals surface area contributed by atoms with Crippen molar-refractivity contribution in [3.05, 3.63) is 59.7 Å². The normalized spacial score (nSPS) is 10.1. The lowest BCUT2D eigenvalue weighted by Crippen LogP contribution is -1.86. The summed E-state index contributed by atoms with van der Waals surface area (Å²) in [6.45, 7) is 4.30. The molecule has 0 spiro atoms. The number of hydrogen-bond acceptors (Lipinski definition) is 0. The molecular formula is C14H13. The van der Waals surface area contributed by atoms with Crippen LogP contribution < -0.4 is 0 Å². The Labute approximate surface area is 85.2 Å². The molecule has 0 heterocycles. The highest BCUT2D eigenvalue weighted by Crippen LogP contribution is 2.24. The van der Waals surface area contributed by atoms with Crippen LogP contribution in [0.25, 0.3) is 11.1 Å². The molecule has 0 amide bonds. The molecule has 0 fully saturated rings. The van der Waals surface area contributed by atoms with Gasteiger partial charge >= 0.3 is 0 Å². The van der Waals surface area contributed by atoms with E-state index in [2.05, 4.69) is 44.2 Å². The van der Waals surface area contributed by atoms with Gasteiger partial charge in [-0.3, -0.25) is 0 Å². The summed E-state index contributed by atoms with van der Waals surface area (Å²) in [5.41, 5.74) is 5.13. The van der Waals surface area contributed by atoms with Crippen molar-refractivity contribution in [3.63, 3.8) is 0 Å². The molecule has 0 nitrogen and oxygen atoms in total. The van der Waals surface area contributed by atoms with Crippen molar-refractivity contribution in [1.82, 2.24) is 0 Å². The van der Waals surface area contributed by atoms with Crippen molar-refractivity contribution in [2.24, 2.45) is 0 Å². The van der Waals surface area contributed by atoms with Gasteiger partial charge in [-0.15, -0.1) is 0 Å². The topological polar surface area (TPSA) is 0 Å². The zero-order valence-electron chi connectivity index (χ0n) is 8.54. The first kappa shape index (κ1) is 9.01. The fraction of sp³-hybridized carbons (Fsp3) is 0.143. The Balaban J connectivity index is 2.58. The van der Waals surface area contributed by atoms with Gasteiger partial charge in [0.15, 0.2) is 0 Å². The zero-order chi connectivity index (χ0) is 9.97. The third-order valence-electron chi connectivity index (χ3n) is 2.60. The number of aryl methyl sites for hydroxylation is 1. The molecule has 0 aliphatic rings. The lowest BCUT2D eigenvalue weighted by molar-refractivity contribution is 1.34. The molecule has 2 rings (SSSR count). The SMILES string of the molecule is Cc1cccc(-c2[c]cccc2)c1C. The number of benzene rings is 2. The van der Waals surface area contributed by atoms with E-state index >= 15 is 0 Å². The fourth-order valence-electron chi connectivity index (χ4n) is 1.60. The van der Waals surface area contributed by atoms with Crippen molar-refractivity contribution >= 4 is 0 Å². The summed E-state index contributed by atoms with van der Waals surface area (Å²) in [6.07, 6.45) is 0. The van der Waals surface area contributed by atoms with E-state index in [1.807, 2.05) is 18.2 Å². The molecule has 2 aromatic carbocycles. The van der Waals surface area contributed by atoms with Gasteiger partial charge in [-0.05, 0) is 42.2 Å². The van der Waals surface area contributed by atoms with E-state index in [1.54, 1.807) is 0 Å². The minimum Gasteiger partial charge on any atom is -0.0616 e. The van der Waals surface area contributed by atoms with E-state index in [0.717, 1.165) is 0 Å². The van der Waals surface area contributed by atoms with Crippen molar-refractivity contribution in [1.29, 1.82) is 0 Å². The van der Waals surface area contributed by atoms with E-state index in [9.17, 15) is 0 Å². The second-order valence-electron chi connectivity index (χ2n) is 3.52. The molecule has 69 valence electrons. The van der Waals surface area contributed by atoms with Gasteiger partial charge < -0.3 is 0 Å². The Bertz CT molecular complexity index is 427. The van der Waals surface area contributed by atoms with Crippen molar-refractivity contribution in [3.8, 4) is 11.1 Å². The molecule has 0 saturated heterocycles. The molecule has 0 heteroatoms. The Hall–Kier alpha value is -1.56. The predicted octanol–water partition coefficient (Wildman–Crippen LogP) is 3.77. The molecule has 0 unspecified atom stereocenters. The molecule has 14 heavy (non-hydrogen) atoms. The largest absolute Gasteiger partial charge is 0.0616 e. The van der Waals surface area contributed by atoms with Crippen LogP contribution in [0.5, 0.6) is 0 Å². The molecule has 1 radical (unpaired) electrons. The van der Waals surface area contributed by atoms with Crippen LogP contribution in [-0.2, 0) is 0 Å². The third kappa shape index (κ3) is 1.56. The average molecular weight is 181 g/mol. The summed E-state index contributed by atoms with van der Waals surface area (Å²) in [5.74, 6) is 0. The Morgan fingerprint density at radius 3 is 2.50 bits per heavy atom. The van der Waals surface area contributed by atoms with Gasteiger partial charge in [0.2, 0.25) is 0 Å². The molecule has 0 aliphatic carbocycles. The lowest BCUT2D eigenvalue weighted by Gasteiger charge is -2.07. The Morgan fingerprint density at radius 1 is 0.929 bits per heavy atom. The molecule has 0 bridgehead atoms. The molecule has 0 N–H and O–H groups in total. The van der Waals surface area contributed by atoms with E-state index in [1.165, 1.54) is 22.3 Å². The molecule has 0 saturated carbocycles. The van der Waals surface area contributed by atoms with Crippen molar-refractivity contribution < 1.29 is 0 Å². The molecule has 0 atom stereocenters. The van der Waals surface area contributed by atoms with Gasteiger partial charge in [0.05, 0.1) is 0 Å². The van der Waals surface area contributed by atoms with E-state index in [0.29, 0.717) is 0 Å². The predicted molar refractivity (Wildman–Crippen MR) is 60.2 cm³/mol. The fourth-order valence-corrected chi connectivity index (χ4v) is 1.60. The van der Waals surface area contributed by atoms with Crippen LogP contribution in [-0.4, -0.2) is 0 Å². The first-order valence-electron chi connectivity index (χ1n) is 4.82. The van der Waals surface area contributed by atoms with Crippen LogP contribution in [0.3, 0.4) is 0 Å². The highest BCUT2D eigenvalue weighted by atomic mass is 14.1. The Morgan fingerprint density at radius 2 is 1.79 bits per heavy atom. The van der Waals surface area contributed by atoms with E-state index in [-0.39, 0.29) is 0 Å². The average Bonchev–Trinajstić information content (AvgIpc) is 2.23. The summed E-state index contributed by atoms with van der Waals surface area (Å²) < 4.78 is 0. The van der Waals surface area contributed by atoms with E-state index in [4.69, 9.17) is 0 Å². The minimum absolute atomic E-state index is 1.17. The van der Waals surface area contributed by atoms with Crippen molar-refractivity contribution in [2.75, 3.05) is 0 Å². The van der Waals surface area contributed by atoms with Crippen LogP contribution in [0.2, 0.25) is 0 Å². The summed E-state index contributed by atoms with van der Waals surface area (Å²) in [6, 6.07) is 17.7. The summed E-state index contributed by atoms with van der Waals surface area (Å²) in [7, 11) is 0. The first-order chi connectivity index (χ1) is 6.79. The third-order valence-corrected chi connectivity index (χ3v) is 2.60. The van der Waals surface area contributed by atoms with Crippen LogP contribution in [0, 0.1) is 19.9 Å². The van der Waals surface area contributed by atoms with Crippen LogP contribution in [0.4, 0.5) is 0 Å². The molecule has 0 aromatic heterocycles. The van der Waals surface area contributed by atoms with E-state index < -0.39 is 0 Å². The number of hydrogen-bond donors (Lipinski definition) is 0. The van der Waals surface area contributed by atoms with Gasteiger partial charge in [0.25, 0.3) is 0 Å². The maximum atomic E-state index is 3.25. The standard InChI is InChI=1S/C14H13/c1-11-7-6-10-14(12(11)2)13-8-4-3-5-9-13/h3-8,10H,1-2H3. The van der Waals surface area contributed by atoms with Gasteiger partial charge in [-0.2, -0.15) is 0 Å². The van der Waals surface area contributed by atoms with Crippen LogP contribution in [0.1, 0.15) is 11.1 Å². The minimum atomic E-state index is 1.17. The Kier molecular flexibility index (Phi) is 2.36. The van der Waals surface area contributed by atoms with Gasteiger partial charge in [0.1, 0.15) is 0 Å². The van der Waals surface area contributed by atoms with Crippen molar-refractivity contribution in [2.45, 2.75) is 13.8 Å². The van der Waals surface area contributed by atoms with Gasteiger partial charge in [0, 0.05) is 0 Å². The monoisotopic (exact) mass is 181 g/mol. The number of rotatable bonds is 1. The first-order valence-corrected chi connectivity index (χ1v) is 4.82.